The molecule has 84 valence electrons. The number of nitrogens with one attached hydrogen (secondary N) is 1. The molecule has 0 spiro atoms. The van der Waals surface area contributed by atoms with Crippen molar-refractivity contribution in [1.29, 1.82) is 0 Å². The Morgan fingerprint density at radius 3 is 2.69 bits per heavy atom. The van der Waals surface area contributed by atoms with E-state index in [4.69, 9.17) is 6.42 Å². The molecule has 0 fully saturated rings. The van der Waals surface area contributed by atoms with Gasteiger partial charge in [-0.25, -0.2) is 0 Å². The van der Waals surface area contributed by atoms with Crippen molar-refractivity contribution in [3.63, 3.8) is 0 Å². The standard InChI is InChI=1S/C13H16N2O/c1-3-10-15(4-2)13(16)11-14-12-8-6-5-7-9-12/h1,5-9,14H,4,10-11H2,2H3. The third-order valence-corrected chi connectivity index (χ3v) is 2.23. The molecule has 0 bridgehead atoms. The summed E-state index contributed by atoms with van der Waals surface area (Å²) in [5.41, 5.74) is 0.938. The van der Waals surface area contributed by atoms with Crippen LogP contribution in [0.5, 0.6) is 0 Å². The van der Waals surface area contributed by atoms with E-state index in [-0.39, 0.29) is 12.5 Å². The summed E-state index contributed by atoms with van der Waals surface area (Å²) in [6.45, 7) is 3.20. The van der Waals surface area contributed by atoms with Gasteiger partial charge in [0.2, 0.25) is 5.91 Å². The Morgan fingerprint density at radius 2 is 2.12 bits per heavy atom. The molecule has 0 saturated carbocycles. The van der Waals surface area contributed by atoms with Crippen LogP contribution in [-0.4, -0.2) is 30.4 Å². The third-order valence-electron chi connectivity index (χ3n) is 2.23. The van der Waals surface area contributed by atoms with Gasteiger partial charge in [0.15, 0.2) is 0 Å². The molecule has 1 rings (SSSR count). The molecular weight excluding hydrogens is 200 g/mol. The first-order valence-corrected chi connectivity index (χ1v) is 5.28. The fourth-order valence-corrected chi connectivity index (χ4v) is 1.33. The van der Waals surface area contributed by atoms with Crippen molar-refractivity contribution in [1.82, 2.24) is 4.90 Å². The van der Waals surface area contributed by atoms with E-state index >= 15 is 0 Å². The molecule has 1 N–H and O–H groups in total. The lowest BCUT2D eigenvalue weighted by molar-refractivity contribution is -0.128. The number of terminal acetylenes is 1. The molecule has 0 radical (unpaired) electrons. The maximum Gasteiger partial charge on any atom is 0.242 e. The van der Waals surface area contributed by atoms with E-state index in [0.29, 0.717) is 13.1 Å². The van der Waals surface area contributed by atoms with Gasteiger partial charge in [-0.3, -0.25) is 4.79 Å². The lowest BCUT2D eigenvalue weighted by atomic mass is 10.3. The molecule has 16 heavy (non-hydrogen) atoms. The minimum Gasteiger partial charge on any atom is -0.376 e. The number of hydrogen-bond acceptors (Lipinski definition) is 2. The molecular formula is C13H16N2O. The number of hydrogen-bond donors (Lipinski definition) is 1. The molecule has 1 amide bonds. The number of carbonyl (C=O) groups excluding carboxylic acids is 1. The van der Waals surface area contributed by atoms with Crippen LogP contribution >= 0.6 is 0 Å². The Kier molecular flexibility index (Phi) is 4.94. The maximum absolute atomic E-state index is 11.7. The number of likely N-dealkylation sites (N-methyl/N-ethyl adjacent to an activating group) is 1. The van der Waals surface area contributed by atoms with E-state index < -0.39 is 0 Å². The Labute approximate surface area is 96.5 Å². The van der Waals surface area contributed by atoms with E-state index in [9.17, 15) is 4.79 Å². The molecule has 0 aliphatic heterocycles. The highest BCUT2D eigenvalue weighted by atomic mass is 16.2. The van der Waals surface area contributed by atoms with Crippen molar-refractivity contribution in [2.24, 2.45) is 0 Å². The number of nitrogens with zero attached hydrogens (tertiary/aromatic N) is 1. The van der Waals surface area contributed by atoms with Crippen molar-refractivity contribution >= 4 is 11.6 Å². The Hall–Kier alpha value is -1.95. The van der Waals surface area contributed by atoms with Gasteiger partial charge in [0, 0.05) is 12.2 Å². The normalized spacial score (nSPS) is 9.25. The average molecular weight is 216 g/mol. The summed E-state index contributed by atoms with van der Waals surface area (Å²) >= 11 is 0. The second-order valence-corrected chi connectivity index (χ2v) is 3.33. The summed E-state index contributed by atoms with van der Waals surface area (Å²) < 4.78 is 0. The predicted molar refractivity (Wildman–Crippen MR) is 66.0 cm³/mol. The first-order valence-electron chi connectivity index (χ1n) is 5.28. The zero-order valence-corrected chi connectivity index (χ0v) is 9.44. The molecule has 0 aliphatic rings. The molecule has 0 atom stereocenters. The van der Waals surface area contributed by atoms with Crippen molar-refractivity contribution in [2.75, 3.05) is 25.0 Å². The first kappa shape index (κ1) is 12.1. The summed E-state index contributed by atoms with van der Waals surface area (Å²) in [4.78, 5) is 13.3. The molecule has 1 aromatic rings. The van der Waals surface area contributed by atoms with Gasteiger partial charge in [-0.1, -0.05) is 24.1 Å². The van der Waals surface area contributed by atoms with Gasteiger partial charge < -0.3 is 10.2 Å². The van der Waals surface area contributed by atoms with Crippen LogP contribution in [0.15, 0.2) is 30.3 Å². The molecule has 0 unspecified atom stereocenters. The second-order valence-electron chi connectivity index (χ2n) is 3.33. The van der Waals surface area contributed by atoms with Crippen LogP contribution in [0.1, 0.15) is 6.92 Å². The zero-order valence-electron chi connectivity index (χ0n) is 9.44. The molecule has 1 aromatic carbocycles. The van der Waals surface area contributed by atoms with Crippen molar-refractivity contribution in [2.45, 2.75) is 6.92 Å². The van der Waals surface area contributed by atoms with Crippen molar-refractivity contribution in [3.8, 4) is 12.3 Å². The lowest BCUT2D eigenvalue weighted by Gasteiger charge is -2.18. The SMILES string of the molecule is C#CCN(CC)C(=O)CNc1ccccc1. The van der Waals surface area contributed by atoms with E-state index in [1.165, 1.54) is 0 Å². The van der Waals surface area contributed by atoms with E-state index in [1.807, 2.05) is 37.3 Å². The highest BCUT2D eigenvalue weighted by molar-refractivity contribution is 5.81. The zero-order chi connectivity index (χ0) is 11.8. The number of para-hydroxylation sites is 1. The summed E-state index contributed by atoms with van der Waals surface area (Å²) in [7, 11) is 0. The summed E-state index contributed by atoms with van der Waals surface area (Å²) in [6.07, 6.45) is 5.19. The van der Waals surface area contributed by atoms with Gasteiger partial charge in [0.25, 0.3) is 0 Å². The highest BCUT2D eigenvalue weighted by Crippen LogP contribution is 2.04. The molecule has 0 aliphatic carbocycles. The second kappa shape index (κ2) is 6.52. The van der Waals surface area contributed by atoms with Crippen LogP contribution in [0.2, 0.25) is 0 Å². The summed E-state index contributed by atoms with van der Waals surface area (Å²) in [6, 6.07) is 9.62. The monoisotopic (exact) mass is 216 g/mol. The Bertz CT molecular complexity index is 367. The molecule has 3 heteroatoms. The van der Waals surface area contributed by atoms with Crippen LogP contribution < -0.4 is 5.32 Å². The minimum absolute atomic E-state index is 0.0179. The van der Waals surface area contributed by atoms with Crippen LogP contribution in [-0.2, 0) is 4.79 Å². The first-order chi connectivity index (χ1) is 7.77. The van der Waals surface area contributed by atoms with E-state index in [0.717, 1.165) is 5.69 Å². The van der Waals surface area contributed by atoms with E-state index in [1.54, 1.807) is 4.90 Å². The van der Waals surface area contributed by atoms with Crippen molar-refractivity contribution < 1.29 is 4.79 Å². The number of anilines is 1. The van der Waals surface area contributed by atoms with Gasteiger partial charge in [-0.15, -0.1) is 6.42 Å². The number of carbonyl (C=O) groups is 1. The minimum atomic E-state index is 0.0179. The van der Waals surface area contributed by atoms with Gasteiger partial charge in [-0.2, -0.15) is 0 Å². The van der Waals surface area contributed by atoms with Crippen LogP contribution in [0, 0.1) is 12.3 Å². The number of rotatable bonds is 5. The fraction of sp³-hybridized carbons (Fsp3) is 0.308. The fourth-order valence-electron chi connectivity index (χ4n) is 1.33. The molecule has 0 aromatic heterocycles. The summed E-state index contributed by atoms with van der Waals surface area (Å²) in [5.74, 6) is 2.49. The average Bonchev–Trinajstić information content (AvgIpc) is 2.34. The Balaban J connectivity index is 2.43. The van der Waals surface area contributed by atoms with Crippen LogP contribution in [0.3, 0.4) is 0 Å². The molecule has 0 saturated heterocycles. The van der Waals surface area contributed by atoms with E-state index in [2.05, 4.69) is 11.2 Å². The summed E-state index contributed by atoms with van der Waals surface area (Å²) in [5, 5.41) is 3.06. The maximum atomic E-state index is 11.7. The van der Waals surface area contributed by atoms with Crippen LogP contribution in [0.4, 0.5) is 5.69 Å². The van der Waals surface area contributed by atoms with Gasteiger partial charge >= 0.3 is 0 Å². The van der Waals surface area contributed by atoms with Gasteiger partial charge in [0.1, 0.15) is 0 Å². The largest absolute Gasteiger partial charge is 0.376 e. The smallest absolute Gasteiger partial charge is 0.242 e. The highest BCUT2D eigenvalue weighted by Gasteiger charge is 2.09. The number of amides is 1. The molecule has 0 heterocycles. The number of benzene rings is 1. The van der Waals surface area contributed by atoms with Crippen molar-refractivity contribution in [3.05, 3.63) is 30.3 Å². The van der Waals surface area contributed by atoms with Crippen LogP contribution in [0.25, 0.3) is 0 Å². The predicted octanol–water partition coefficient (Wildman–Crippen LogP) is 1.58. The van der Waals surface area contributed by atoms with Gasteiger partial charge in [-0.05, 0) is 19.1 Å². The quantitative estimate of drug-likeness (QED) is 0.758. The Morgan fingerprint density at radius 1 is 1.44 bits per heavy atom. The topological polar surface area (TPSA) is 32.3 Å². The van der Waals surface area contributed by atoms with Gasteiger partial charge in [0.05, 0.1) is 13.1 Å². The molecule has 3 nitrogen and oxygen atoms in total. The third kappa shape index (κ3) is 3.66. The lowest BCUT2D eigenvalue weighted by Crippen LogP contribution is -2.35.